The van der Waals surface area contributed by atoms with Crippen molar-refractivity contribution in [1.29, 1.82) is 0 Å². The van der Waals surface area contributed by atoms with E-state index in [2.05, 4.69) is 61.3 Å². The van der Waals surface area contributed by atoms with E-state index in [1.807, 2.05) is 0 Å². The third-order valence-electron chi connectivity index (χ3n) is 2.45. The van der Waals surface area contributed by atoms with Crippen molar-refractivity contribution in [3.63, 3.8) is 0 Å². The molecule has 0 spiro atoms. The topological polar surface area (TPSA) is 0 Å². The van der Waals surface area contributed by atoms with Crippen LogP contribution in [0.1, 0.15) is 24.4 Å². The predicted molar refractivity (Wildman–Crippen MR) is 67.5 cm³/mol. The zero-order valence-electron chi connectivity index (χ0n) is 9.45. The van der Waals surface area contributed by atoms with Crippen LogP contribution in [0.25, 0.3) is 11.1 Å². The SMILES string of the molecule is CC(C)(C)c1cc(-c2ccccc2)c[te]1. The molecule has 0 aliphatic carbocycles. The van der Waals surface area contributed by atoms with Gasteiger partial charge in [-0.2, -0.15) is 0 Å². The van der Waals surface area contributed by atoms with Crippen LogP contribution in [0.2, 0.25) is 0 Å². The molecule has 2 aromatic rings. The van der Waals surface area contributed by atoms with Crippen LogP contribution in [0.3, 0.4) is 0 Å². The first kappa shape index (κ1) is 11.0. The van der Waals surface area contributed by atoms with E-state index >= 15 is 0 Å². The predicted octanol–water partition coefficient (Wildman–Crippen LogP) is 3.71. The molecule has 0 nitrogen and oxygen atoms in total. The van der Waals surface area contributed by atoms with Crippen LogP contribution >= 0.6 is 0 Å². The van der Waals surface area contributed by atoms with Crippen LogP contribution in [0, 0.1) is 0 Å². The molecule has 1 aromatic heterocycles. The van der Waals surface area contributed by atoms with E-state index in [4.69, 9.17) is 0 Å². The standard InChI is InChI=1S/C14H16Te/c1-14(2,3)13-9-12(10-15-13)11-7-5-4-6-8-11/h4-10H,1-3H3. The van der Waals surface area contributed by atoms with Gasteiger partial charge in [0.15, 0.2) is 0 Å². The minimum atomic E-state index is -0.0595. The molecule has 0 aliphatic heterocycles. The zero-order valence-corrected chi connectivity index (χ0v) is 11.8. The Bertz CT molecular complexity index is 432. The molecule has 2 rings (SSSR count). The van der Waals surface area contributed by atoms with Gasteiger partial charge >= 0.3 is 102 Å². The van der Waals surface area contributed by atoms with Crippen LogP contribution in [-0.4, -0.2) is 20.4 Å². The fourth-order valence-corrected chi connectivity index (χ4v) is 4.38. The van der Waals surface area contributed by atoms with Crippen molar-refractivity contribution in [2.45, 2.75) is 26.2 Å². The van der Waals surface area contributed by atoms with E-state index in [9.17, 15) is 0 Å². The Hall–Kier alpha value is -0.510. The third-order valence-corrected chi connectivity index (χ3v) is 6.32. The molecule has 0 N–H and O–H groups in total. The van der Waals surface area contributed by atoms with Gasteiger partial charge in [0.05, 0.1) is 0 Å². The summed E-state index contributed by atoms with van der Waals surface area (Å²) in [6.07, 6.45) is 0. The molecular formula is C14H16Te. The van der Waals surface area contributed by atoms with E-state index in [1.54, 1.807) is 3.58 Å². The number of hydrogen-bond donors (Lipinski definition) is 0. The summed E-state index contributed by atoms with van der Waals surface area (Å²) in [5.74, 6) is 0. The van der Waals surface area contributed by atoms with Crippen molar-refractivity contribution in [3.05, 3.63) is 44.1 Å². The number of hydrogen-bond acceptors (Lipinski definition) is 0. The van der Waals surface area contributed by atoms with Crippen LogP contribution in [0.15, 0.2) is 40.5 Å². The van der Waals surface area contributed by atoms with Gasteiger partial charge in [-0.25, -0.2) is 0 Å². The molecule has 0 unspecified atom stereocenters. The minimum absolute atomic E-state index is 0.0595. The summed E-state index contributed by atoms with van der Waals surface area (Å²) in [5, 5.41) is 0. The van der Waals surface area contributed by atoms with Gasteiger partial charge in [0.2, 0.25) is 0 Å². The second-order valence-electron chi connectivity index (χ2n) is 4.82. The van der Waals surface area contributed by atoms with Crippen molar-refractivity contribution in [2.24, 2.45) is 0 Å². The Morgan fingerprint density at radius 2 is 1.60 bits per heavy atom. The molecule has 0 saturated carbocycles. The molecular weight excluding hydrogens is 296 g/mol. The van der Waals surface area contributed by atoms with Crippen molar-refractivity contribution >= 4 is 20.4 Å². The van der Waals surface area contributed by atoms with Gasteiger partial charge in [-0.05, 0) is 0 Å². The second kappa shape index (κ2) is 4.16. The summed E-state index contributed by atoms with van der Waals surface area (Å²) < 4.78 is 4.12. The summed E-state index contributed by atoms with van der Waals surface area (Å²) in [4.78, 5) is 0. The average molecular weight is 312 g/mol. The van der Waals surface area contributed by atoms with Crippen molar-refractivity contribution in [1.82, 2.24) is 0 Å². The van der Waals surface area contributed by atoms with Gasteiger partial charge in [-0.1, -0.05) is 0 Å². The monoisotopic (exact) mass is 314 g/mol. The van der Waals surface area contributed by atoms with E-state index in [-0.39, 0.29) is 20.4 Å². The number of benzene rings is 1. The van der Waals surface area contributed by atoms with E-state index < -0.39 is 0 Å². The van der Waals surface area contributed by atoms with Crippen LogP contribution in [0.5, 0.6) is 0 Å². The number of rotatable bonds is 1. The van der Waals surface area contributed by atoms with Gasteiger partial charge in [0, 0.05) is 0 Å². The molecule has 1 heteroatoms. The molecule has 0 amide bonds. The van der Waals surface area contributed by atoms with E-state index in [0.717, 1.165) is 0 Å². The molecule has 0 atom stereocenters. The van der Waals surface area contributed by atoms with Crippen molar-refractivity contribution < 1.29 is 0 Å². The van der Waals surface area contributed by atoms with Gasteiger partial charge in [-0.15, -0.1) is 0 Å². The Labute approximate surface area is 102 Å². The molecule has 0 bridgehead atoms. The van der Waals surface area contributed by atoms with Crippen molar-refractivity contribution in [2.75, 3.05) is 0 Å². The fourth-order valence-electron chi connectivity index (χ4n) is 1.51. The van der Waals surface area contributed by atoms with Crippen molar-refractivity contribution in [3.8, 4) is 11.1 Å². The molecule has 1 heterocycles. The Morgan fingerprint density at radius 1 is 0.933 bits per heavy atom. The van der Waals surface area contributed by atoms with Gasteiger partial charge in [0.1, 0.15) is 0 Å². The molecule has 0 fully saturated rings. The molecule has 15 heavy (non-hydrogen) atoms. The van der Waals surface area contributed by atoms with E-state index in [0.29, 0.717) is 5.41 Å². The summed E-state index contributed by atoms with van der Waals surface area (Å²) in [6.45, 7) is 6.93. The quantitative estimate of drug-likeness (QED) is 0.704. The maximum atomic E-state index is 2.46. The van der Waals surface area contributed by atoms with Crippen LogP contribution < -0.4 is 0 Å². The summed E-state index contributed by atoms with van der Waals surface area (Å²) in [6, 6.07) is 13.1. The molecule has 0 aliphatic rings. The van der Waals surface area contributed by atoms with Gasteiger partial charge in [0.25, 0.3) is 0 Å². The molecule has 0 saturated heterocycles. The Balaban J connectivity index is 2.37. The first-order valence-corrected chi connectivity index (χ1v) is 7.73. The maximum absolute atomic E-state index is 2.46. The summed E-state index contributed by atoms with van der Waals surface area (Å²) in [5.41, 5.74) is 3.15. The molecule has 0 radical (unpaired) electrons. The third kappa shape index (κ3) is 2.54. The van der Waals surface area contributed by atoms with Gasteiger partial charge < -0.3 is 0 Å². The average Bonchev–Trinajstić information content (AvgIpc) is 2.67. The van der Waals surface area contributed by atoms with Crippen LogP contribution in [-0.2, 0) is 5.41 Å². The summed E-state index contributed by atoms with van der Waals surface area (Å²) in [7, 11) is 0. The second-order valence-corrected chi connectivity index (χ2v) is 7.42. The normalized spacial score (nSPS) is 11.7. The Kier molecular flexibility index (Phi) is 3.05. The molecule has 78 valence electrons. The summed E-state index contributed by atoms with van der Waals surface area (Å²) >= 11 is -0.0595. The Morgan fingerprint density at radius 3 is 2.13 bits per heavy atom. The molecule has 1 aromatic carbocycles. The van der Waals surface area contributed by atoms with E-state index in [1.165, 1.54) is 11.1 Å². The first-order valence-electron chi connectivity index (χ1n) is 5.22. The van der Waals surface area contributed by atoms with Crippen LogP contribution in [0.4, 0.5) is 0 Å². The fraction of sp³-hybridized carbons (Fsp3) is 0.286. The zero-order chi connectivity index (χ0) is 10.9. The first-order chi connectivity index (χ1) is 7.07. The van der Waals surface area contributed by atoms with Gasteiger partial charge in [-0.3, -0.25) is 0 Å².